The monoisotopic (exact) mass is 215 g/mol. The zero-order chi connectivity index (χ0) is 9.86. The first-order chi connectivity index (χ1) is 6.79. The number of phosphoric acid groups is 1. The molecule has 1 aromatic carbocycles. The van der Waals surface area contributed by atoms with E-state index in [1.807, 2.05) is 30.3 Å². The first kappa shape index (κ1) is 9.83. The average molecular weight is 215 g/mol. The minimum atomic E-state index is -3.24. The van der Waals surface area contributed by atoms with Crippen LogP contribution < -0.4 is 5.48 Å². The lowest BCUT2D eigenvalue weighted by Crippen LogP contribution is -2.20. The van der Waals surface area contributed by atoms with Gasteiger partial charge in [-0.15, -0.1) is 0 Å². The molecule has 0 amide bonds. The molecule has 14 heavy (non-hydrogen) atoms. The van der Waals surface area contributed by atoms with Gasteiger partial charge in [-0.3, -0.25) is 9.05 Å². The summed E-state index contributed by atoms with van der Waals surface area (Å²) in [6, 6.07) is 9.60. The molecule has 0 atom stereocenters. The lowest BCUT2D eigenvalue weighted by Gasteiger charge is -2.24. The number of hydrogen-bond acceptors (Lipinski definition) is 5. The molecule has 0 saturated carbocycles. The summed E-state index contributed by atoms with van der Waals surface area (Å²) in [5.41, 5.74) is 3.56. The van der Waals surface area contributed by atoms with Crippen molar-refractivity contribution in [3.8, 4) is 0 Å². The van der Waals surface area contributed by atoms with E-state index in [9.17, 15) is 4.57 Å². The number of hydroxylamine groups is 1. The highest BCUT2D eigenvalue weighted by molar-refractivity contribution is 7.49. The zero-order valence-corrected chi connectivity index (χ0v) is 8.28. The van der Waals surface area contributed by atoms with Gasteiger partial charge in [0.1, 0.15) is 0 Å². The van der Waals surface area contributed by atoms with Gasteiger partial charge in [-0.2, -0.15) is 10.1 Å². The maximum absolute atomic E-state index is 11.1. The molecule has 0 aromatic heterocycles. The fraction of sp³-hybridized carbons (Fsp3) is 0.250. The fourth-order valence-corrected chi connectivity index (χ4v) is 1.59. The molecule has 0 radical (unpaired) electrons. The number of hydrogen-bond donors (Lipinski definition) is 1. The highest BCUT2D eigenvalue weighted by atomic mass is 31.2. The van der Waals surface area contributed by atoms with E-state index < -0.39 is 7.82 Å². The molecule has 1 N–H and O–H groups in total. The third kappa shape index (κ3) is 2.41. The summed E-state index contributed by atoms with van der Waals surface area (Å²) in [5, 5.41) is 0. The third-order valence-corrected chi connectivity index (χ3v) is 2.91. The Morgan fingerprint density at radius 1 is 1.36 bits per heavy atom. The summed E-state index contributed by atoms with van der Waals surface area (Å²) in [6.07, 6.45) is 0. The highest BCUT2D eigenvalue weighted by Gasteiger charge is 2.36. The number of benzene rings is 1. The Bertz CT molecular complexity index is 334. The lowest BCUT2D eigenvalue weighted by molar-refractivity contribution is -0.0588. The van der Waals surface area contributed by atoms with Crippen molar-refractivity contribution in [1.82, 2.24) is 5.48 Å². The summed E-state index contributed by atoms with van der Waals surface area (Å²) >= 11 is 0. The van der Waals surface area contributed by atoms with Crippen LogP contribution in [0.1, 0.15) is 5.56 Å². The van der Waals surface area contributed by atoms with E-state index in [1.165, 1.54) is 0 Å². The fourth-order valence-electron chi connectivity index (χ4n) is 0.982. The van der Waals surface area contributed by atoms with Crippen molar-refractivity contribution in [3.05, 3.63) is 35.9 Å². The van der Waals surface area contributed by atoms with Crippen molar-refractivity contribution >= 4 is 7.82 Å². The second-order valence-corrected chi connectivity index (χ2v) is 4.31. The Hall–Kier alpha value is -0.710. The maximum atomic E-state index is 11.1. The first-order valence-electron chi connectivity index (χ1n) is 4.13. The summed E-state index contributed by atoms with van der Waals surface area (Å²) in [7, 11) is -3.24. The van der Waals surface area contributed by atoms with Crippen LogP contribution in [0, 0.1) is 0 Å². The van der Waals surface area contributed by atoms with Crippen molar-refractivity contribution in [2.45, 2.75) is 6.54 Å². The van der Waals surface area contributed by atoms with E-state index in [-0.39, 0.29) is 6.79 Å². The Morgan fingerprint density at radius 2 is 2.07 bits per heavy atom. The lowest BCUT2D eigenvalue weighted by atomic mass is 10.2. The largest absolute Gasteiger partial charge is 0.495 e. The average Bonchev–Trinajstić information content (AvgIpc) is 2.17. The minimum Gasteiger partial charge on any atom is -0.258 e. The van der Waals surface area contributed by atoms with Gasteiger partial charge in [-0.05, 0) is 5.56 Å². The molecular weight excluding hydrogens is 205 g/mol. The van der Waals surface area contributed by atoms with Gasteiger partial charge in [0.05, 0.1) is 0 Å². The van der Waals surface area contributed by atoms with Crippen LogP contribution in [-0.4, -0.2) is 6.79 Å². The van der Waals surface area contributed by atoms with E-state index >= 15 is 0 Å². The molecule has 0 unspecified atom stereocenters. The van der Waals surface area contributed by atoms with Crippen molar-refractivity contribution in [3.63, 3.8) is 0 Å². The van der Waals surface area contributed by atoms with E-state index in [4.69, 9.17) is 4.62 Å². The van der Waals surface area contributed by atoms with E-state index in [1.54, 1.807) is 0 Å². The van der Waals surface area contributed by atoms with E-state index in [0.717, 1.165) is 5.56 Å². The molecular formula is C8H10NO4P. The Kier molecular flexibility index (Phi) is 2.96. The van der Waals surface area contributed by atoms with Crippen LogP contribution in [0.15, 0.2) is 30.3 Å². The van der Waals surface area contributed by atoms with Crippen LogP contribution in [-0.2, 0) is 24.8 Å². The summed E-state index contributed by atoms with van der Waals surface area (Å²) in [5.74, 6) is 0. The molecule has 1 fully saturated rings. The quantitative estimate of drug-likeness (QED) is 0.613. The predicted octanol–water partition coefficient (Wildman–Crippen LogP) is 1.82. The van der Waals surface area contributed by atoms with Gasteiger partial charge in [0, 0.05) is 6.54 Å². The predicted molar refractivity (Wildman–Crippen MR) is 49.0 cm³/mol. The summed E-state index contributed by atoms with van der Waals surface area (Å²) in [6.45, 7) is 0.488. The van der Waals surface area contributed by atoms with Crippen molar-refractivity contribution in [2.24, 2.45) is 0 Å². The minimum absolute atomic E-state index is 0.0320. The van der Waals surface area contributed by atoms with Gasteiger partial charge in [-0.25, -0.2) is 4.57 Å². The molecule has 76 valence electrons. The molecule has 0 spiro atoms. The second kappa shape index (κ2) is 4.21. The van der Waals surface area contributed by atoms with Crippen molar-refractivity contribution in [1.29, 1.82) is 0 Å². The molecule has 1 heterocycles. The topological polar surface area (TPSA) is 56.8 Å². The normalized spacial score (nSPS) is 18.9. The number of phosphoric ester groups is 1. The van der Waals surface area contributed by atoms with Gasteiger partial charge < -0.3 is 0 Å². The van der Waals surface area contributed by atoms with Gasteiger partial charge in [0.2, 0.25) is 0 Å². The van der Waals surface area contributed by atoms with Crippen LogP contribution >= 0.6 is 7.82 Å². The highest BCUT2D eigenvalue weighted by Crippen LogP contribution is 2.55. The summed E-state index contributed by atoms with van der Waals surface area (Å²) in [4.78, 5) is 0. The number of rotatable bonds is 4. The smallest absolute Gasteiger partial charge is 0.258 e. The molecule has 0 bridgehead atoms. The van der Waals surface area contributed by atoms with Crippen molar-refractivity contribution in [2.75, 3.05) is 6.79 Å². The van der Waals surface area contributed by atoms with Gasteiger partial charge >= 0.3 is 7.82 Å². The Morgan fingerprint density at radius 3 is 2.64 bits per heavy atom. The Labute approximate surface area is 81.5 Å². The molecule has 1 saturated heterocycles. The SMILES string of the molecule is O=P1(ONCc2ccccc2)OCO1. The van der Waals surface area contributed by atoms with Crippen LogP contribution in [0.3, 0.4) is 0 Å². The molecule has 1 aliphatic rings. The summed E-state index contributed by atoms with van der Waals surface area (Å²) < 4.78 is 25.1. The van der Waals surface area contributed by atoms with E-state index in [2.05, 4.69) is 14.5 Å². The van der Waals surface area contributed by atoms with Crippen LogP contribution in [0.5, 0.6) is 0 Å². The van der Waals surface area contributed by atoms with Gasteiger partial charge in [-0.1, -0.05) is 30.3 Å². The molecule has 1 aliphatic heterocycles. The third-order valence-electron chi connectivity index (χ3n) is 1.72. The van der Waals surface area contributed by atoms with Gasteiger partial charge in [0.15, 0.2) is 6.79 Å². The van der Waals surface area contributed by atoms with Crippen LogP contribution in [0.2, 0.25) is 0 Å². The molecule has 5 nitrogen and oxygen atoms in total. The van der Waals surface area contributed by atoms with Crippen molar-refractivity contribution < 1.29 is 18.2 Å². The molecule has 2 rings (SSSR count). The van der Waals surface area contributed by atoms with Crippen LogP contribution in [0.4, 0.5) is 0 Å². The van der Waals surface area contributed by atoms with E-state index in [0.29, 0.717) is 6.54 Å². The molecule has 1 aromatic rings. The maximum Gasteiger partial charge on any atom is 0.495 e. The van der Waals surface area contributed by atoms with Crippen LogP contribution in [0.25, 0.3) is 0 Å². The standard InChI is InChI=1S/C8H10NO4P/c10-14(11-7-12-14)13-9-6-8-4-2-1-3-5-8/h1-5,9H,6-7H2. The first-order valence-corrected chi connectivity index (χ1v) is 5.59. The Balaban J connectivity index is 1.76. The second-order valence-electron chi connectivity index (χ2n) is 2.72. The molecule has 0 aliphatic carbocycles. The zero-order valence-electron chi connectivity index (χ0n) is 7.38. The number of nitrogens with one attached hydrogen (secondary N) is 1. The molecule has 6 heteroatoms. The van der Waals surface area contributed by atoms with Gasteiger partial charge in [0.25, 0.3) is 0 Å².